The molecule has 2 heterocycles. The second-order valence-corrected chi connectivity index (χ2v) is 9.43. The number of fused-ring (bicyclic) bond motifs is 1. The summed E-state index contributed by atoms with van der Waals surface area (Å²) in [5.41, 5.74) is 3.16. The maximum Gasteiger partial charge on any atom is 0.326 e. The molecule has 7 nitrogen and oxygen atoms in total. The maximum absolute atomic E-state index is 12.8. The van der Waals surface area contributed by atoms with Crippen molar-refractivity contribution in [3.63, 3.8) is 0 Å². The second kappa shape index (κ2) is 11.9. The Hall–Kier alpha value is -3.32. The second-order valence-electron chi connectivity index (χ2n) is 9.43. The van der Waals surface area contributed by atoms with Crippen LogP contribution in [0, 0.1) is 5.92 Å². The fraction of sp³-hybridized carbons (Fsp3) is 0.429. The first-order chi connectivity index (χ1) is 17.0. The molecule has 2 aliphatic heterocycles. The monoisotopic (exact) mass is 477 g/mol. The molecule has 2 aromatic carbocycles. The van der Waals surface area contributed by atoms with Gasteiger partial charge in [0, 0.05) is 17.7 Å². The van der Waals surface area contributed by atoms with Gasteiger partial charge in [0.2, 0.25) is 5.91 Å². The topological polar surface area (TPSA) is 99.7 Å². The number of carboxylic acid groups (broad SMARTS) is 1. The molecule has 186 valence electrons. The predicted octanol–water partition coefficient (Wildman–Crippen LogP) is 3.85. The van der Waals surface area contributed by atoms with E-state index < -0.39 is 24.0 Å². The van der Waals surface area contributed by atoms with Gasteiger partial charge in [-0.3, -0.25) is 4.79 Å². The number of benzene rings is 2. The molecule has 0 aromatic heterocycles. The standard InChI is InChI=1S/C28H35N3O4/c1-19-23-7-2-3-8-24(23)30-26(19)27(32)31-25(28(33)34)18-21-9-11-22(12-10-21)35-17-5-4-6-20-13-15-29-16-14-20/h2-3,7-12,20,25-26,29-30H,1,4-6,13-18H2,(H,31,32)(H,33,34). The molecule has 2 aromatic rings. The van der Waals surface area contributed by atoms with Crippen molar-refractivity contribution in [2.24, 2.45) is 5.92 Å². The fourth-order valence-electron chi connectivity index (χ4n) is 4.82. The number of carbonyl (C=O) groups is 2. The maximum atomic E-state index is 12.8. The molecular formula is C28H35N3O4. The molecule has 0 spiro atoms. The number of hydrogen-bond acceptors (Lipinski definition) is 5. The summed E-state index contributed by atoms with van der Waals surface area (Å²) in [5, 5.41) is 18.9. The Balaban J connectivity index is 1.23. The molecule has 0 radical (unpaired) electrons. The molecule has 0 aliphatic carbocycles. The minimum absolute atomic E-state index is 0.184. The number of anilines is 1. The molecule has 35 heavy (non-hydrogen) atoms. The number of para-hydroxylation sites is 1. The number of aliphatic carboxylic acids is 1. The van der Waals surface area contributed by atoms with Crippen molar-refractivity contribution in [3.05, 3.63) is 66.2 Å². The lowest BCUT2D eigenvalue weighted by molar-refractivity contribution is -0.141. The van der Waals surface area contributed by atoms with E-state index in [0.29, 0.717) is 12.2 Å². The largest absolute Gasteiger partial charge is 0.494 e. The summed E-state index contributed by atoms with van der Waals surface area (Å²) >= 11 is 0. The summed E-state index contributed by atoms with van der Waals surface area (Å²) in [6, 6.07) is 13.2. The Morgan fingerprint density at radius 2 is 1.83 bits per heavy atom. The zero-order chi connectivity index (χ0) is 24.6. The van der Waals surface area contributed by atoms with Crippen LogP contribution < -0.4 is 20.7 Å². The first-order valence-electron chi connectivity index (χ1n) is 12.5. The highest BCUT2D eigenvalue weighted by atomic mass is 16.5. The van der Waals surface area contributed by atoms with E-state index in [4.69, 9.17) is 4.74 Å². The molecule has 1 fully saturated rings. The normalized spacial score (nSPS) is 18.4. The van der Waals surface area contributed by atoms with Crippen molar-refractivity contribution in [1.29, 1.82) is 0 Å². The van der Waals surface area contributed by atoms with E-state index in [0.717, 1.165) is 48.0 Å². The van der Waals surface area contributed by atoms with Gasteiger partial charge in [-0.15, -0.1) is 0 Å². The summed E-state index contributed by atoms with van der Waals surface area (Å²) in [6.07, 6.45) is 6.21. The summed E-state index contributed by atoms with van der Waals surface area (Å²) in [7, 11) is 0. The van der Waals surface area contributed by atoms with Gasteiger partial charge in [-0.25, -0.2) is 4.79 Å². The molecule has 4 rings (SSSR count). The van der Waals surface area contributed by atoms with Crippen LogP contribution in [0.2, 0.25) is 0 Å². The Morgan fingerprint density at radius 3 is 2.54 bits per heavy atom. The van der Waals surface area contributed by atoms with Crippen LogP contribution in [0.15, 0.2) is 55.1 Å². The lowest BCUT2D eigenvalue weighted by Crippen LogP contribution is -2.48. The molecular weight excluding hydrogens is 442 g/mol. The smallest absolute Gasteiger partial charge is 0.326 e. The van der Waals surface area contributed by atoms with Crippen molar-refractivity contribution >= 4 is 23.1 Å². The van der Waals surface area contributed by atoms with Gasteiger partial charge < -0.3 is 25.8 Å². The van der Waals surface area contributed by atoms with Gasteiger partial charge in [0.05, 0.1) is 6.61 Å². The molecule has 2 unspecified atom stereocenters. The zero-order valence-corrected chi connectivity index (χ0v) is 20.1. The molecule has 2 atom stereocenters. The summed E-state index contributed by atoms with van der Waals surface area (Å²) in [4.78, 5) is 24.7. The van der Waals surface area contributed by atoms with Gasteiger partial charge in [-0.05, 0) is 74.0 Å². The van der Waals surface area contributed by atoms with E-state index in [1.165, 1.54) is 25.7 Å². The van der Waals surface area contributed by atoms with Crippen LogP contribution in [0.3, 0.4) is 0 Å². The van der Waals surface area contributed by atoms with Gasteiger partial charge in [0.1, 0.15) is 17.8 Å². The lowest BCUT2D eigenvalue weighted by Gasteiger charge is -2.22. The number of rotatable bonds is 11. The van der Waals surface area contributed by atoms with E-state index in [9.17, 15) is 14.7 Å². The molecule has 4 N–H and O–H groups in total. The minimum Gasteiger partial charge on any atom is -0.494 e. The highest BCUT2D eigenvalue weighted by molar-refractivity contribution is 6.04. The first-order valence-corrected chi connectivity index (χ1v) is 12.5. The number of ether oxygens (including phenoxy) is 1. The van der Waals surface area contributed by atoms with Crippen molar-refractivity contribution in [2.45, 2.75) is 50.6 Å². The molecule has 1 saturated heterocycles. The zero-order valence-electron chi connectivity index (χ0n) is 20.1. The van der Waals surface area contributed by atoms with Crippen LogP contribution in [0.5, 0.6) is 5.75 Å². The van der Waals surface area contributed by atoms with Gasteiger partial charge >= 0.3 is 5.97 Å². The number of hydrogen-bond donors (Lipinski definition) is 4. The van der Waals surface area contributed by atoms with Gasteiger partial charge in [0.25, 0.3) is 0 Å². The highest BCUT2D eigenvalue weighted by Gasteiger charge is 2.32. The number of unbranched alkanes of at least 4 members (excludes halogenated alkanes) is 1. The molecule has 0 saturated carbocycles. The quantitative estimate of drug-likeness (QED) is 0.367. The van der Waals surface area contributed by atoms with Crippen LogP contribution >= 0.6 is 0 Å². The summed E-state index contributed by atoms with van der Waals surface area (Å²) in [6.45, 7) is 6.98. The Labute approximate surface area is 207 Å². The predicted molar refractivity (Wildman–Crippen MR) is 138 cm³/mol. The van der Waals surface area contributed by atoms with Crippen LogP contribution in [0.1, 0.15) is 43.2 Å². The van der Waals surface area contributed by atoms with E-state index in [1.807, 2.05) is 48.5 Å². The van der Waals surface area contributed by atoms with Crippen molar-refractivity contribution in [3.8, 4) is 5.75 Å². The van der Waals surface area contributed by atoms with Gasteiger partial charge in [0.15, 0.2) is 0 Å². The molecule has 7 heteroatoms. The van der Waals surface area contributed by atoms with Gasteiger partial charge in [-0.1, -0.05) is 43.3 Å². The average molecular weight is 478 g/mol. The first kappa shape index (κ1) is 24.8. The van der Waals surface area contributed by atoms with Crippen LogP contribution in [0.4, 0.5) is 5.69 Å². The highest BCUT2D eigenvalue weighted by Crippen LogP contribution is 2.33. The number of piperidine rings is 1. The molecule has 2 aliphatic rings. The summed E-state index contributed by atoms with van der Waals surface area (Å²) in [5.74, 6) is 0.142. The number of carbonyl (C=O) groups excluding carboxylic acids is 1. The van der Waals surface area contributed by atoms with Gasteiger partial charge in [-0.2, -0.15) is 0 Å². The lowest BCUT2D eigenvalue weighted by atomic mass is 9.93. The molecule has 0 bridgehead atoms. The molecule has 1 amide bonds. The Bertz CT molecular complexity index is 1030. The van der Waals surface area contributed by atoms with E-state index in [1.54, 1.807) is 0 Å². The van der Waals surface area contributed by atoms with Crippen LogP contribution in [-0.4, -0.2) is 48.8 Å². The van der Waals surface area contributed by atoms with Crippen molar-refractivity contribution in [2.75, 3.05) is 25.0 Å². The average Bonchev–Trinajstić information content (AvgIpc) is 3.21. The number of amides is 1. The van der Waals surface area contributed by atoms with Crippen molar-refractivity contribution < 1.29 is 19.4 Å². The fourth-order valence-corrected chi connectivity index (χ4v) is 4.82. The SMILES string of the molecule is C=C1c2ccccc2NC1C(=O)NC(Cc1ccc(OCCCCC2CCNCC2)cc1)C(=O)O. The third-order valence-corrected chi connectivity index (χ3v) is 6.90. The van der Waals surface area contributed by atoms with E-state index in [-0.39, 0.29) is 6.42 Å². The minimum atomic E-state index is -1.08. The van der Waals surface area contributed by atoms with E-state index >= 15 is 0 Å². The van der Waals surface area contributed by atoms with Crippen LogP contribution in [0.25, 0.3) is 5.57 Å². The third-order valence-electron chi connectivity index (χ3n) is 6.90. The van der Waals surface area contributed by atoms with Crippen LogP contribution in [-0.2, 0) is 16.0 Å². The number of nitrogens with one attached hydrogen (secondary N) is 3. The number of carboxylic acids is 1. The third kappa shape index (κ3) is 6.63. The van der Waals surface area contributed by atoms with E-state index in [2.05, 4.69) is 22.5 Å². The Morgan fingerprint density at radius 1 is 1.09 bits per heavy atom. The Kier molecular flexibility index (Phi) is 8.42. The summed E-state index contributed by atoms with van der Waals surface area (Å²) < 4.78 is 5.86. The van der Waals surface area contributed by atoms with Crippen molar-refractivity contribution in [1.82, 2.24) is 10.6 Å².